The molecule has 0 bridgehead atoms. The maximum Gasteiger partial charge on any atom is 0.107 e. The summed E-state index contributed by atoms with van der Waals surface area (Å²) in [5.41, 5.74) is 2.82. The lowest BCUT2D eigenvalue weighted by atomic mass is 10.9. The second kappa shape index (κ2) is 2.15. The predicted octanol–water partition coefficient (Wildman–Crippen LogP) is 0.656. The third kappa shape index (κ3) is 1.34. The van der Waals surface area contributed by atoms with E-state index in [0.717, 1.165) is 0 Å². The van der Waals surface area contributed by atoms with Gasteiger partial charge in [-0.15, -0.1) is 0 Å². The fourth-order valence-corrected chi connectivity index (χ4v) is 0.540. The molecule has 0 unspecified atom stereocenters. The van der Waals surface area contributed by atoms with Crippen LogP contribution in [0.2, 0.25) is 0 Å². The summed E-state index contributed by atoms with van der Waals surface area (Å²) < 4.78 is 1.78. The number of hydrazine groups is 1. The van der Waals surface area contributed by atoms with Crippen molar-refractivity contribution in [2.24, 2.45) is 4.99 Å². The maximum absolute atomic E-state index is 3.76. The van der Waals surface area contributed by atoms with Gasteiger partial charge in [0.05, 0.1) is 29.1 Å². The Bertz CT molecular complexity index is 109. The largest absolute Gasteiger partial charge is 0.279 e. The summed E-state index contributed by atoms with van der Waals surface area (Å²) in [4.78, 5) is 3.76. The molecule has 1 N–H and O–H groups in total. The molecule has 0 spiro atoms. The molecule has 1 rings (SSSR count). The lowest BCUT2D eigenvalue weighted by molar-refractivity contribution is 0.614. The molecule has 0 aromatic carbocycles. The molecule has 0 aromatic rings. The third-order valence-electron chi connectivity index (χ3n) is 0.539. The number of hydrogen-bond donors (Lipinski definition) is 1. The van der Waals surface area contributed by atoms with E-state index in [1.54, 1.807) is 15.8 Å². The second-order valence-electron chi connectivity index (χ2n) is 1.02. The molecule has 0 fully saturated rings. The minimum atomic E-state index is 1.62. The lowest BCUT2D eigenvalue weighted by Crippen LogP contribution is -2.23. The van der Waals surface area contributed by atoms with Crippen LogP contribution in [0, 0.1) is 0 Å². The van der Waals surface area contributed by atoms with Gasteiger partial charge >= 0.3 is 0 Å². The normalized spacial score (nSPS) is 17.0. The van der Waals surface area contributed by atoms with Gasteiger partial charge in [-0.25, -0.2) is 8.21 Å². The van der Waals surface area contributed by atoms with E-state index in [0.29, 0.717) is 0 Å². The topological polar surface area (TPSA) is 27.6 Å². The van der Waals surface area contributed by atoms with Crippen LogP contribution >= 0.6 is 22.9 Å². The fraction of sp³-hybridized carbons (Fsp3) is 0. The standard InChI is InChI=1S/C3H4IN3/c4-7-2-1-5-3-6-7/h1-3H,(H,5,6). The molecule has 0 saturated heterocycles. The molecule has 0 atom stereocenters. The van der Waals surface area contributed by atoms with E-state index < -0.39 is 0 Å². The molecule has 0 radical (unpaired) electrons. The Labute approximate surface area is 55.6 Å². The number of hydrogen-bond acceptors (Lipinski definition) is 3. The third-order valence-corrected chi connectivity index (χ3v) is 1.14. The van der Waals surface area contributed by atoms with Crippen LogP contribution in [0.15, 0.2) is 17.4 Å². The molecule has 0 aliphatic carbocycles. The molecule has 1 aliphatic heterocycles. The van der Waals surface area contributed by atoms with Crippen LogP contribution in [0.4, 0.5) is 0 Å². The van der Waals surface area contributed by atoms with Crippen molar-refractivity contribution in [1.82, 2.24) is 8.65 Å². The zero-order valence-corrected chi connectivity index (χ0v) is 5.66. The Morgan fingerprint density at radius 2 is 2.57 bits per heavy atom. The number of nitrogens with zero attached hydrogens (tertiary/aromatic N) is 2. The SMILES string of the molecule is IN1C=CN=CN1. The molecule has 3 nitrogen and oxygen atoms in total. The van der Waals surface area contributed by atoms with Gasteiger partial charge in [-0.3, -0.25) is 5.43 Å². The van der Waals surface area contributed by atoms with Crippen molar-refractivity contribution in [2.45, 2.75) is 0 Å². The Kier molecular flexibility index (Phi) is 1.50. The number of nitrogens with one attached hydrogen (secondary N) is 1. The van der Waals surface area contributed by atoms with Gasteiger partial charge in [0.25, 0.3) is 0 Å². The van der Waals surface area contributed by atoms with E-state index in [1.165, 1.54) is 0 Å². The highest BCUT2D eigenvalue weighted by molar-refractivity contribution is 14.1. The lowest BCUT2D eigenvalue weighted by Gasteiger charge is -2.10. The number of aliphatic imine (C=N–C) groups is 1. The van der Waals surface area contributed by atoms with Crippen LogP contribution in [-0.2, 0) is 0 Å². The van der Waals surface area contributed by atoms with E-state index in [4.69, 9.17) is 0 Å². The Balaban J connectivity index is 2.49. The molecule has 7 heavy (non-hydrogen) atoms. The highest BCUT2D eigenvalue weighted by Gasteiger charge is 1.87. The van der Waals surface area contributed by atoms with Crippen LogP contribution in [0.5, 0.6) is 0 Å². The second-order valence-corrected chi connectivity index (χ2v) is 2.06. The molecule has 0 aromatic heterocycles. The average molecular weight is 209 g/mol. The van der Waals surface area contributed by atoms with Crippen molar-refractivity contribution in [3.05, 3.63) is 12.4 Å². The van der Waals surface area contributed by atoms with E-state index in [1.807, 2.05) is 6.20 Å². The van der Waals surface area contributed by atoms with Crippen LogP contribution in [-0.4, -0.2) is 9.56 Å². The van der Waals surface area contributed by atoms with Crippen LogP contribution < -0.4 is 5.43 Å². The Morgan fingerprint density at radius 3 is 2.86 bits per heavy atom. The molecule has 1 heterocycles. The van der Waals surface area contributed by atoms with Gasteiger partial charge in [-0.05, 0) is 0 Å². The monoisotopic (exact) mass is 209 g/mol. The summed E-state index contributed by atoms with van der Waals surface area (Å²) in [5.74, 6) is 0. The predicted molar refractivity (Wildman–Crippen MR) is 36.6 cm³/mol. The first-order valence-corrected chi connectivity index (χ1v) is 2.75. The Morgan fingerprint density at radius 1 is 1.71 bits per heavy atom. The summed E-state index contributed by atoms with van der Waals surface area (Å²) in [6.45, 7) is 0. The van der Waals surface area contributed by atoms with Crippen molar-refractivity contribution < 1.29 is 0 Å². The van der Waals surface area contributed by atoms with E-state index in [-0.39, 0.29) is 0 Å². The zero-order valence-electron chi connectivity index (χ0n) is 3.50. The van der Waals surface area contributed by atoms with E-state index in [2.05, 4.69) is 33.3 Å². The molecule has 0 amide bonds. The summed E-state index contributed by atoms with van der Waals surface area (Å²) in [7, 11) is 0. The summed E-state index contributed by atoms with van der Waals surface area (Å²) in [6, 6.07) is 0. The summed E-state index contributed by atoms with van der Waals surface area (Å²) in [5, 5.41) is 0. The van der Waals surface area contributed by atoms with E-state index in [9.17, 15) is 0 Å². The van der Waals surface area contributed by atoms with Crippen molar-refractivity contribution in [3.63, 3.8) is 0 Å². The summed E-state index contributed by atoms with van der Waals surface area (Å²) in [6.07, 6.45) is 5.15. The van der Waals surface area contributed by atoms with E-state index >= 15 is 0 Å². The minimum Gasteiger partial charge on any atom is -0.279 e. The van der Waals surface area contributed by atoms with Gasteiger partial charge in [0.1, 0.15) is 6.34 Å². The molecular weight excluding hydrogens is 205 g/mol. The zero-order chi connectivity index (χ0) is 5.11. The van der Waals surface area contributed by atoms with Crippen molar-refractivity contribution in [3.8, 4) is 0 Å². The van der Waals surface area contributed by atoms with Gasteiger partial charge in [0.15, 0.2) is 0 Å². The average Bonchev–Trinajstić information content (AvgIpc) is 1.69. The highest BCUT2D eigenvalue weighted by Crippen LogP contribution is 1.95. The smallest absolute Gasteiger partial charge is 0.107 e. The van der Waals surface area contributed by atoms with Crippen molar-refractivity contribution in [2.75, 3.05) is 0 Å². The molecule has 4 heteroatoms. The fourth-order valence-electron chi connectivity index (χ4n) is 0.272. The van der Waals surface area contributed by atoms with Crippen molar-refractivity contribution >= 4 is 29.2 Å². The quantitative estimate of drug-likeness (QED) is 0.468. The maximum atomic E-state index is 3.76. The first kappa shape index (κ1) is 4.89. The van der Waals surface area contributed by atoms with Gasteiger partial charge in [0.2, 0.25) is 0 Å². The minimum absolute atomic E-state index is 1.62. The first-order chi connectivity index (χ1) is 3.39. The van der Waals surface area contributed by atoms with Crippen LogP contribution in [0.1, 0.15) is 0 Å². The number of rotatable bonds is 0. The molecule has 38 valence electrons. The van der Waals surface area contributed by atoms with Gasteiger partial charge in [0, 0.05) is 6.20 Å². The first-order valence-electron chi connectivity index (χ1n) is 1.79. The van der Waals surface area contributed by atoms with Gasteiger partial charge < -0.3 is 0 Å². The van der Waals surface area contributed by atoms with Crippen molar-refractivity contribution in [1.29, 1.82) is 0 Å². The molecular formula is C3H4IN3. The summed E-state index contributed by atoms with van der Waals surface area (Å²) >= 11 is 2.10. The molecule has 0 saturated carbocycles. The van der Waals surface area contributed by atoms with Crippen LogP contribution in [0.3, 0.4) is 0 Å². The molecule has 1 aliphatic rings. The van der Waals surface area contributed by atoms with Gasteiger partial charge in [-0.1, -0.05) is 0 Å². The number of halogens is 1. The highest BCUT2D eigenvalue weighted by atomic mass is 127. The Hall–Kier alpha value is -0.260. The van der Waals surface area contributed by atoms with Gasteiger partial charge in [-0.2, -0.15) is 0 Å². The van der Waals surface area contributed by atoms with Crippen LogP contribution in [0.25, 0.3) is 0 Å².